The Morgan fingerprint density at radius 1 is 0.931 bits per heavy atom. The summed E-state index contributed by atoms with van der Waals surface area (Å²) in [5.74, 6) is -6.30. The number of carboxylic acid groups (broad SMARTS) is 2. The molecule has 0 rings (SSSR count). The molecule has 13 nitrogen and oxygen atoms in total. The molecule has 0 fully saturated rings. The van der Waals surface area contributed by atoms with Crippen LogP contribution in [-0.2, 0) is 28.8 Å². The minimum Gasteiger partial charge on any atom is -0.481 e. The summed E-state index contributed by atoms with van der Waals surface area (Å²) < 4.78 is 0. The van der Waals surface area contributed by atoms with Gasteiger partial charge in [0.1, 0.15) is 18.1 Å². The molecule has 0 aliphatic carbocycles. The van der Waals surface area contributed by atoms with E-state index in [4.69, 9.17) is 21.7 Å². The summed E-state index contributed by atoms with van der Waals surface area (Å²) in [4.78, 5) is 69.1. The van der Waals surface area contributed by atoms with Crippen LogP contribution in [0.1, 0.15) is 26.2 Å². The van der Waals surface area contributed by atoms with Crippen molar-refractivity contribution in [1.82, 2.24) is 16.0 Å². The zero-order chi connectivity index (χ0) is 22.7. The van der Waals surface area contributed by atoms with E-state index in [1.54, 1.807) is 0 Å². The Labute approximate surface area is 171 Å². The highest BCUT2D eigenvalue weighted by atomic mass is 32.1. The van der Waals surface area contributed by atoms with Crippen molar-refractivity contribution < 1.29 is 39.0 Å². The van der Waals surface area contributed by atoms with Gasteiger partial charge in [-0.05, 0) is 13.3 Å². The number of primary amides is 1. The maximum absolute atomic E-state index is 12.4. The minimum absolute atomic E-state index is 0.208. The topological polar surface area (TPSA) is 231 Å². The maximum Gasteiger partial charge on any atom is 0.325 e. The van der Waals surface area contributed by atoms with Crippen LogP contribution in [0.15, 0.2) is 0 Å². The van der Waals surface area contributed by atoms with Crippen molar-refractivity contribution >= 4 is 48.2 Å². The molecule has 4 atom stereocenters. The SMILES string of the molecule is CC(NC(=O)C(CS)NC(=O)C(CC(N)=O)NC(=O)C(N)CCC(=O)O)C(=O)O. The van der Waals surface area contributed by atoms with Crippen molar-refractivity contribution in [3.63, 3.8) is 0 Å². The highest BCUT2D eigenvalue weighted by Gasteiger charge is 2.29. The monoisotopic (exact) mass is 435 g/mol. The fraction of sp³-hybridized carbons (Fsp3) is 0.600. The number of carbonyl (C=O) groups excluding carboxylic acids is 4. The third-order valence-corrected chi connectivity index (χ3v) is 3.95. The zero-order valence-corrected chi connectivity index (χ0v) is 16.5. The van der Waals surface area contributed by atoms with E-state index >= 15 is 0 Å². The lowest BCUT2D eigenvalue weighted by molar-refractivity contribution is -0.142. The van der Waals surface area contributed by atoms with Gasteiger partial charge in [0.25, 0.3) is 0 Å². The number of nitrogens with one attached hydrogen (secondary N) is 3. The molecule has 0 aliphatic heterocycles. The van der Waals surface area contributed by atoms with Gasteiger partial charge in [-0.15, -0.1) is 0 Å². The number of thiol groups is 1. The standard InChI is InChI=1S/C15H25N5O8S/c1-6(15(27)28)18-14(26)9(5-29)20-13(25)8(4-10(17)21)19-12(24)7(16)2-3-11(22)23/h6-9,29H,2-5,16H2,1H3,(H2,17,21)(H,18,26)(H,19,24)(H,20,25)(H,22,23)(H,27,28). The van der Waals surface area contributed by atoms with E-state index in [1.807, 2.05) is 0 Å². The van der Waals surface area contributed by atoms with Crippen LogP contribution >= 0.6 is 12.6 Å². The Hall–Kier alpha value is -2.87. The molecule has 164 valence electrons. The van der Waals surface area contributed by atoms with Gasteiger partial charge in [0.2, 0.25) is 23.6 Å². The number of aliphatic carboxylic acids is 2. The summed E-state index contributed by atoms with van der Waals surface area (Å²) in [7, 11) is 0. The Kier molecular flexibility index (Phi) is 11.3. The number of hydrogen-bond donors (Lipinski definition) is 8. The van der Waals surface area contributed by atoms with Crippen LogP contribution in [0.2, 0.25) is 0 Å². The molecule has 14 heteroatoms. The summed E-state index contributed by atoms with van der Waals surface area (Å²) in [6, 6.07) is -5.23. The molecule has 9 N–H and O–H groups in total. The number of carboxylic acids is 2. The van der Waals surface area contributed by atoms with E-state index in [0.29, 0.717) is 0 Å². The lowest BCUT2D eigenvalue weighted by atomic mass is 10.1. The first-order valence-electron chi connectivity index (χ1n) is 8.39. The molecule has 0 aromatic carbocycles. The van der Waals surface area contributed by atoms with Gasteiger partial charge in [-0.1, -0.05) is 0 Å². The molecule has 4 unspecified atom stereocenters. The summed E-state index contributed by atoms with van der Waals surface area (Å²) in [6.45, 7) is 1.21. The van der Waals surface area contributed by atoms with Gasteiger partial charge in [0, 0.05) is 12.2 Å². The molecule has 0 aliphatic rings. The number of hydrogen-bond acceptors (Lipinski definition) is 8. The van der Waals surface area contributed by atoms with E-state index in [1.165, 1.54) is 6.92 Å². The molecule has 0 aromatic rings. The Morgan fingerprint density at radius 2 is 1.45 bits per heavy atom. The van der Waals surface area contributed by atoms with Crippen LogP contribution in [0, 0.1) is 0 Å². The predicted molar refractivity (Wildman–Crippen MR) is 102 cm³/mol. The smallest absolute Gasteiger partial charge is 0.325 e. The third-order valence-electron chi connectivity index (χ3n) is 3.59. The fourth-order valence-electron chi connectivity index (χ4n) is 1.94. The first kappa shape index (κ1) is 26.1. The predicted octanol–water partition coefficient (Wildman–Crippen LogP) is -3.46. The number of amides is 4. The normalized spacial score (nSPS) is 14.6. The zero-order valence-electron chi connectivity index (χ0n) is 15.6. The van der Waals surface area contributed by atoms with Crippen molar-refractivity contribution in [3.8, 4) is 0 Å². The molecule has 0 heterocycles. The van der Waals surface area contributed by atoms with Crippen molar-refractivity contribution in [2.75, 3.05) is 5.75 Å². The van der Waals surface area contributed by atoms with Crippen LogP contribution in [0.4, 0.5) is 0 Å². The molecular weight excluding hydrogens is 410 g/mol. The summed E-state index contributed by atoms with van der Waals surface area (Å²) >= 11 is 3.91. The molecule has 0 bridgehead atoms. The van der Waals surface area contributed by atoms with Gasteiger partial charge in [0.05, 0.1) is 12.5 Å². The Balaban J connectivity index is 5.10. The van der Waals surface area contributed by atoms with Crippen molar-refractivity contribution in [1.29, 1.82) is 0 Å². The number of carbonyl (C=O) groups is 6. The van der Waals surface area contributed by atoms with Crippen LogP contribution in [0.5, 0.6) is 0 Å². The Bertz CT molecular complexity index is 659. The van der Waals surface area contributed by atoms with Gasteiger partial charge >= 0.3 is 11.9 Å². The second-order valence-electron chi connectivity index (χ2n) is 6.08. The molecule has 0 saturated carbocycles. The molecule has 0 spiro atoms. The molecule has 0 saturated heterocycles. The van der Waals surface area contributed by atoms with E-state index in [0.717, 1.165) is 0 Å². The summed E-state index contributed by atoms with van der Waals surface area (Å²) in [6.07, 6.45) is -1.21. The number of rotatable bonds is 13. The molecule has 4 amide bonds. The van der Waals surface area contributed by atoms with Gasteiger partial charge in [0.15, 0.2) is 0 Å². The van der Waals surface area contributed by atoms with E-state index in [9.17, 15) is 28.8 Å². The number of nitrogens with two attached hydrogens (primary N) is 2. The second kappa shape index (κ2) is 12.6. The summed E-state index contributed by atoms with van der Waals surface area (Å²) in [5.41, 5.74) is 10.6. The lowest BCUT2D eigenvalue weighted by Gasteiger charge is -2.23. The molecule has 29 heavy (non-hydrogen) atoms. The average Bonchev–Trinajstić information content (AvgIpc) is 2.62. The first-order chi connectivity index (χ1) is 13.4. The lowest BCUT2D eigenvalue weighted by Crippen LogP contribution is -2.58. The van der Waals surface area contributed by atoms with Gasteiger partial charge < -0.3 is 37.6 Å². The van der Waals surface area contributed by atoms with Crippen LogP contribution < -0.4 is 27.4 Å². The second-order valence-corrected chi connectivity index (χ2v) is 6.45. The quantitative estimate of drug-likeness (QED) is 0.134. The van der Waals surface area contributed by atoms with Crippen LogP contribution in [0.25, 0.3) is 0 Å². The van der Waals surface area contributed by atoms with E-state index in [2.05, 4.69) is 28.6 Å². The van der Waals surface area contributed by atoms with Crippen molar-refractivity contribution in [3.05, 3.63) is 0 Å². The molecule has 0 aromatic heterocycles. The van der Waals surface area contributed by atoms with Crippen LogP contribution in [-0.4, -0.2) is 75.7 Å². The van der Waals surface area contributed by atoms with Crippen LogP contribution in [0.3, 0.4) is 0 Å². The fourth-order valence-corrected chi connectivity index (χ4v) is 2.20. The van der Waals surface area contributed by atoms with E-state index in [-0.39, 0.29) is 18.6 Å². The minimum atomic E-state index is -1.48. The Morgan fingerprint density at radius 3 is 1.90 bits per heavy atom. The van der Waals surface area contributed by atoms with Gasteiger partial charge in [-0.3, -0.25) is 28.8 Å². The highest BCUT2D eigenvalue weighted by Crippen LogP contribution is 2.00. The highest BCUT2D eigenvalue weighted by molar-refractivity contribution is 7.80. The van der Waals surface area contributed by atoms with E-state index < -0.39 is 66.2 Å². The molecular formula is C15H25N5O8S. The third kappa shape index (κ3) is 10.3. The summed E-state index contributed by atoms with van der Waals surface area (Å²) in [5, 5.41) is 24.0. The average molecular weight is 435 g/mol. The van der Waals surface area contributed by atoms with Crippen molar-refractivity contribution in [2.45, 2.75) is 50.4 Å². The largest absolute Gasteiger partial charge is 0.481 e. The van der Waals surface area contributed by atoms with Crippen molar-refractivity contribution in [2.24, 2.45) is 11.5 Å². The maximum atomic E-state index is 12.4. The first-order valence-corrected chi connectivity index (χ1v) is 9.02. The molecule has 0 radical (unpaired) electrons. The van der Waals surface area contributed by atoms with Gasteiger partial charge in [-0.25, -0.2) is 0 Å². The van der Waals surface area contributed by atoms with Gasteiger partial charge in [-0.2, -0.15) is 12.6 Å².